The lowest BCUT2D eigenvalue weighted by atomic mass is 10.2. The van der Waals surface area contributed by atoms with E-state index in [9.17, 15) is 19.5 Å². The Morgan fingerprint density at radius 1 is 1.12 bits per heavy atom. The van der Waals surface area contributed by atoms with Gasteiger partial charge in [0.15, 0.2) is 0 Å². The third kappa shape index (κ3) is 3.27. The van der Waals surface area contributed by atoms with Gasteiger partial charge in [0.2, 0.25) is 0 Å². The van der Waals surface area contributed by atoms with Gasteiger partial charge in [-0.1, -0.05) is 23.7 Å². The van der Waals surface area contributed by atoms with Crippen LogP contribution in [0.25, 0.3) is 11.0 Å². The first-order chi connectivity index (χ1) is 12.4. The lowest BCUT2D eigenvalue weighted by Crippen LogP contribution is -2.44. The fraction of sp³-hybridized carbons (Fsp3) is 0.118. The molecule has 2 aromatic carbocycles. The largest absolute Gasteiger partial charge is 0.507 e. The molecule has 0 fully saturated rings. The molecule has 1 heterocycles. The topological polar surface area (TPSA) is 105 Å². The molecule has 3 N–H and O–H groups in total. The molecule has 0 unspecified atom stereocenters. The number of nitrogens with zero attached hydrogens (tertiary/aromatic N) is 2. The van der Waals surface area contributed by atoms with E-state index in [4.69, 9.17) is 11.6 Å². The number of amides is 2. The number of fused-ring (bicyclic) bond motifs is 1. The van der Waals surface area contributed by atoms with Crippen molar-refractivity contribution in [1.82, 2.24) is 20.0 Å². The minimum absolute atomic E-state index is 0.0832. The fourth-order valence-corrected chi connectivity index (χ4v) is 2.76. The Kier molecular flexibility index (Phi) is 4.68. The molecular formula is C17H15ClN4O4. The molecule has 0 atom stereocenters. The normalized spacial score (nSPS) is 10.7. The van der Waals surface area contributed by atoms with Crippen molar-refractivity contribution in [3.05, 3.63) is 63.5 Å². The number of aryl methyl sites for hydroxylation is 1. The quantitative estimate of drug-likeness (QED) is 0.598. The minimum Gasteiger partial charge on any atom is -0.507 e. The average molecular weight is 375 g/mol. The van der Waals surface area contributed by atoms with E-state index in [-0.39, 0.29) is 28.6 Å². The van der Waals surface area contributed by atoms with Crippen LogP contribution in [0.3, 0.4) is 0 Å². The molecule has 2 amide bonds. The van der Waals surface area contributed by atoms with Gasteiger partial charge in [-0.25, -0.2) is 4.79 Å². The second-order valence-corrected chi connectivity index (χ2v) is 6.02. The Bertz CT molecular complexity index is 1070. The van der Waals surface area contributed by atoms with Crippen LogP contribution in [0.4, 0.5) is 0 Å². The summed E-state index contributed by atoms with van der Waals surface area (Å²) in [5.41, 5.74) is 5.27. The van der Waals surface area contributed by atoms with Gasteiger partial charge in [-0.15, -0.1) is 0 Å². The maximum absolute atomic E-state index is 12.3. The molecule has 0 aliphatic rings. The third-order valence-electron chi connectivity index (χ3n) is 3.87. The number of carbonyl (C=O) groups excluding carboxylic acids is 2. The number of hydrogen-bond donors (Lipinski definition) is 3. The van der Waals surface area contributed by atoms with Gasteiger partial charge >= 0.3 is 5.69 Å². The van der Waals surface area contributed by atoms with Crippen LogP contribution in [0.2, 0.25) is 5.02 Å². The molecule has 0 spiro atoms. The summed E-state index contributed by atoms with van der Waals surface area (Å²) < 4.78 is 2.74. The Morgan fingerprint density at radius 2 is 1.81 bits per heavy atom. The lowest BCUT2D eigenvalue weighted by molar-refractivity contribution is -0.122. The number of benzene rings is 2. The summed E-state index contributed by atoms with van der Waals surface area (Å²) in [7, 11) is 1.61. The molecule has 0 radical (unpaired) electrons. The highest BCUT2D eigenvalue weighted by atomic mass is 35.5. The van der Waals surface area contributed by atoms with Gasteiger partial charge < -0.3 is 5.11 Å². The molecule has 26 heavy (non-hydrogen) atoms. The number of carbonyl (C=O) groups is 2. The monoisotopic (exact) mass is 374 g/mol. The van der Waals surface area contributed by atoms with Crippen molar-refractivity contribution in [3.8, 4) is 5.75 Å². The number of aromatic nitrogens is 2. The summed E-state index contributed by atoms with van der Waals surface area (Å²) in [6.45, 7) is -0.276. The summed E-state index contributed by atoms with van der Waals surface area (Å²) in [6.07, 6.45) is 0. The first-order valence-electron chi connectivity index (χ1n) is 7.60. The Balaban J connectivity index is 1.72. The molecule has 0 saturated heterocycles. The van der Waals surface area contributed by atoms with Gasteiger partial charge in [0.05, 0.1) is 16.6 Å². The molecule has 9 heteroatoms. The number of phenolic OH excluding ortho intramolecular Hbond substituents is 1. The molecule has 3 rings (SSSR count). The molecule has 1 aromatic heterocycles. The van der Waals surface area contributed by atoms with E-state index in [1.807, 2.05) is 0 Å². The van der Waals surface area contributed by atoms with Crippen LogP contribution in [0, 0.1) is 0 Å². The van der Waals surface area contributed by atoms with Crippen LogP contribution >= 0.6 is 11.6 Å². The number of hydrogen-bond acceptors (Lipinski definition) is 4. The van der Waals surface area contributed by atoms with E-state index in [2.05, 4.69) is 10.9 Å². The van der Waals surface area contributed by atoms with Crippen LogP contribution in [-0.2, 0) is 18.4 Å². The van der Waals surface area contributed by atoms with Gasteiger partial charge in [-0.05, 0) is 30.3 Å². The second kappa shape index (κ2) is 6.93. The van der Waals surface area contributed by atoms with E-state index in [0.29, 0.717) is 11.0 Å². The summed E-state index contributed by atoms with van der Waals surface area (Å²) in [5, 5.41) is 9.95. The number of phenols is 1. The highest BCUT2D eigenvalue weighted by molar-refractivity contribution is 6.31. The summed E-state index contributed by atoms with van der Waals surface area (Å²) in [6, 6.07) is 11.0. The summed E-state index contributed by atoms with van der Waals surface area (Å²) in [5.74, 6) is -1.60. The minimum atomic E-state index is -0.733. The van der Waals surface area contributed by atoms with E-state index in [1.165, 1.54) is 27.3 Å². The average Bonchev–Trinajstić information content (AvgIpc) is 2.87. The highest BCUT2D eigenvalue weighted by Gasteiger charge is 2.15. The molecule has 134 valence electrons. The number of aromatic hydroxyl groups is 1. The lowest BCUT2D eigenvalue weighted by Gasteiger charge is -2.09. The van der Waals surface area contributed by atoms with Crippen LogP contribution in [0.15, 0.2) is 47.3 Å². The van der Waals surface area contributed by atoms with E-state index in [1.54, 1.807) is 31.3 Å². The molecule has 0 saturated carbocycles. The fourth-order valence-electron chi connectivity index (χ4n) is 2.58. The maximum atomic E-state index is 12.3. The smallest absolute Gasteiger partial charge is 0.329 e. The Labute approximate surface area is 152 Å². The predicted molar refractivity (Wildman–Crippen MR) is 95.9 cm³/mol. The number of rotatable bonds is 3. The molecular weight excluding hydrogens is 360 g/mol. The van der Waals surface area contributed by atoms with Crippen LogP contribution in [-0.4, -0.2) is 26.1 Å². The Hall–Kier alpha value is -3.26. The van der Waals surface area contributed by atoms with E-state index >= 15 is 0 Å². The zero-order valence-corrected chi connectivity index (χ0v) is 14.4. The number of nitrogens with one attached hydrogen (secondary N) is 2. The summed E-state index contributed by atoms with van der Waals surface area (Å²) >= 11 is 5.79. The standard InChI is InChI=1S/C17H15ClN4O4/c1-21-12-4-2-3-5-13(12)22(17(21)26)9-15(24)19-20-16(25)11-8-10(18)6-7-14(11)23/h2-8,23H,9H2,1H3,(H,19,24)(H,20,25). The van der Waals surface area contributed by atoms with Gasteiger partial charge in [0.25, 0.3) is 11.8 Å². The molecule has 0 aliphatic carbocycles. The molecule has 0 bridgehead atoms. The number of para-hydroxylation sites is 2. The van der Waals surface area contributed by atoms with Crippen LogP contribution in [0.1, 0.15) is 10.4 Å². The van der Waals surface area contributed by atoms with Crippen LogP contribution < -0.4 is 16.5 Å². The molecule has 0 aliphatic heterocycles. The number of hydrazine groups is 1. The van der Waals surface area contributed by atoms with Crippen molar-refractivity contribution >= 4 is 34.4 Å². The van der Waals surface area contributed by atoms with Gasteiger partial charge in [0, 0.05) is 12.1 Å². The molecule has 8 nitrogen and oxygen atoms in total. The zero-order valence-electron chi connectivity index (χ0n) is 13.7. The van der Waals surface area contributed by atoms with Crippen molar-refractivity contribution < 1.29 is 14.7 Å². The SMILES string of the molecule is Cn1c(=O)n(CC(=O)NNC(=O)c2cc(Cl)ccc2O)c2ccccc21. The van der Waals surface area contributed by atoms with Crippen molar-refractivity contribution in [2.75, 3.05) is 0 Å². The molecule has 3 aromatic rings. The van der Waals surface area contributed by atoms with E-state index < -0.39 is 11.8 Å². The predicted octanol–water partition coefficient (Wildman–Crippen LogP) is 1.16. The second-order valence-electron chi connectivity index (χ2n) is 5.58. The van der Waals surface area contributed by atoms with Crippen molar-refractivity contribution in [3.63, 3.8) is 0 Å². The van der Waals surface area contributed by atoms with Crippen molar-refractivity contribution in [2.24, 2.45) is 7.05 Å². The summed E-state index contributed by atoms with van der Waals surface area (Å²) in [4.78, 5) is 36.4. The van der Waals surface area contributed by atoms with Gasteiger partial charge in [-0.3, -0.25) is 29.6 Å². The number of halogens is 1. The first kappa shape index (κ1) is 17.6. The highest BCUT2D eigenvalue weighted by Crippen LogP contribution is 2.21. The van der Waals surface area contributed by atoms with Crippen LogP contribution in [0.5, 0.6) is 5.75 Å². The van der Waals surface area contributed by atoms with E-state index in [0.717, 1.165) is 0 Å². The van der Waals surface area contributed by atoms with Gasteiger partial charge in [-0.2, -0.15) is 0 Å². The first-order valence-corrected chi connectivity index (χ1v) is 7.98. The van der Waals surface area contributed by atoms with Crippen molar-refractivity contribution in [1.29, 1.82) is 0 Å². The zero-order chi connectivity index (χ0) is 18.8. The van der Waals surface area contributed by atoms with Gasteiger partial charge in [0.1, 0.15) is 12.3 Å². The van der Waals surface area contributed by atoms with Crippen molar-refractivity contribution in [2.45, 2.75) is 6.54 Å². The Morgan fingerprint density at radius 3 is 2.54 bits per heavy atom. The third-order valence-corrected chi connectivity index (χ3v) is 4.11. The maximum Gasteiger partial charge on any atom is 0.329 e. The number of imidazole rings is 1.